The lowest BCUT2D eigenvalue weighted by molar-refractivity contribution is 0.506. The van der Waals surface area contributed by atoms with Gasteiger partial charge in [-0.15, -0.1) is 0 Å². The molecule has 0 atom stereocenters. The van der Waals surface area contributed by atoms with Gasteiger partial charge in [0.1, 0.15) is 5.03 Å². The van der Waals surface area contributed by atoms with E-state index in [0.717, 1.165) is 17.7 Å². The van der Waals surface area contributed by atoms with Gasteiger partial charge in [-0.2, -0.15) is 0 Å². The van der Waals surface area contributed by atoms with Crippen LogP contribution in [0.5, 0.6) is 0 Å². The van der Waals surface area contributed by atoms with Gasteiger partial charge in [-0.1, -0.05) is 11.8 Å². The van der Waals surface area contributed by atoms with E-state index in [9.17, 15) is 8.78 Å². The Morgan fingerprint density at radius 1 is 1.18 bits per heavy atom. The molecule has 2 rings (SSSR count). The smallest absolute Gasteiger partial charge is 0.159 e. The van der Waals surface area contributed by atoms with Crippen molar-refractivity contribution >= 4 is 17.4 Å². The quantitative estimate of drug-likeness (QED) is 0.890. The van der Waals surface area contributed by atoms with Crippen molar-refractivity contribution in [2.24, 2.45) is 0 Å². The molecule has 0 spiro atoms. The van der Waals surface area contributed by atoms with Crippen molar-refractivity contribution in [1.82, 2.24) is 4.98 Å². The summed E-state index contributed by atoms with van der Waals surface area (Å²) in [4.78, 5) is 4.71. The number of benzene rings is 1. The first-order valence-electron chi connectivity index (χ1n) is 4.91. The third kappa shape index (κ3) is 2.74. The molecule has 1 heterocycles. The molecule has 2 N–H and O–H groups in total. The van der Waals surface area contributed by atoms with Crippen LogP contribution in [-0.4, -0.2) is 4.98 Å². The molecule has 0 unspecified atom stereocenters. The van der Waals surface area contributed by atoms with Crippen molar-refractivity contribution < 1.29 is 8.78 Å². The number of halogens is 2. The Bertz CT molecular complexity index is 509. The Labute approximate surface area is 102 Å². The van der Waals surface area contributed by atoms with Gasteiger partial charge in [-0.3, -0.25) is 0 Å². The van der Waals surface area contributed by atoms with Gasteiger partial charge in [0, 0.05) is 4.90 Å². The largest absolute Gasteiger partial charge is 0.397 e. The van der Waals surface area contributed by atoms with Crippen molar-refractivity contribution in [3.8, 4) is 0 Å². The highest BCUT2D eigenvalue weighted by molar-refractivity contribution is 7.99. The zero-order valence-corrected chi connectivity index (χ0v) is 9.89. The summed E-state index contributed by atoms with van der Waals surface area (Å²) < 4.78 is 25.7. The maximum Gasteiger partial charge on any atom is 0.159 e. The van der Waals surface area contributed by atoms with Gasteiger partial charge in [0.25, 0.3) is 0 Å². The third-order valence-electron chi connectivity index (χ3n) is 2.24. The number of nitrogen functional groups attached to an aromatic ring is 1. The van der Waals surface area contributed by atoms with E-state index in [0.29, 0.717) is 15.6 Å². The van der Waals surface area contributed by atoms with E-state index < -0.39 is 11.6 Å². The van der Waals surface area contributed by atoms with Crippen molar-refractivity contribution in [3.05, 3.63) is 47.7 Å². The molecule has 0 aliphatic carbocycles. The van der Waals surface area contributed by atoms with Crippen LogP contribution in [0.2, 0.25) is 0 Å². The Kier molecular flexibility index (Phi) is 3.28. The summed E-state index contributed by atoms with van der Waals surface area (Å²) in [5.41, 5.74) is 7.16. The lowest BCUT2D eigenvalue weighted by atomic mass is 10.3. The number of hydrogen-bond acceptors (Lipinski definition) is 3. The van der Waals surface area contributed by atoms with E-state index >= 15 is 0 Å². The SMILES string of the molecule is Cc1cc(Sc2ccc(F)c(F)c2)ncc1N. The first kappa shape index (κ1) is 11.9. The Morgan fingerprint density at radius 2 is 1.94 bits per heavy atom. The maximum atomic E-state index is 13.0. The number of nitrogens with two attached hydrogens (primary N) is 1. The molecule has 0 saturated carbocycles. The molecule has 1 aromatic carbocycles. The van der Waals surface area contributed by atoms with Crippen LogP contribution in [0.3, 0.4) is 0 Å². The minimum absolute atomic E-state index is 0.598. The molecule has 0 aliphatic rings. The molecule has 2 nitrogen and oxygen atoms in total. The molecule has 5 heteroatoms. The molecule has 0 aliphatic heterocycles. The van der Waals surface area contributed by atoms with E-state index in [1.165, 1.54) is 17.8 Å². The normalized spacial score (nSPS) is 10.5. The zero-order valence-electron chi connectivity index (χ0n) is 9.08. The predicted molar refractivity (Wildman–Crippen MR) is 63.9 cm³/mol. The van der Waals surface area contributed by atoms with Crippen LogP contribution in [0.1, 0.15) is 5.56 Å². The minimum Gasteiger partial charge on any atom is -0.397 e. The van der Waals surface area contributed by atoms with Crippen LogP contribution in [0.25, 0.3) is 0 Å². The number of nitrogens with zero attached hydrogens (tertiary/aromatic N) is 1. The molecule has 0 fully saturated rings. The number of rotatable bonds is 2. The first-order valence-corrected chi connectivity index (χ1v) is 5.73. The van der Waals surface area contributed by atoms with E-state index in [1.807, 2.05) is 6.92 Å². The second-order valence-electron chi connectivity index (χ2n) is 3.56. The average molecular weight is 252 g/mol. The predicted octanol–water partition coefficient (Wildman–Crippen LogP) is 3.40. The Morgan fingerprint density at radius 3 is 2.59 bits per heavy atom. The third-order valence-corrected chi connectivity index (χ3v) is 3.16. The van der Waals surface area contributed by atoms with E-state index in [-0.39, 0.29) is 0 Å². The molecular formula is C12H10F2N2S. The van der Waals surface area contributed by atoms with Crippen molar-refractivity contribution in [2.75, 3.05) is 5.73 Å². The van der Waals surface area contributed by atoms with Crippen LogP contribution in [0, 0.1) is 18.6 Å². The summed E-state index contributed by atoms with van der Waals surface area (Å²) >= 11 is 1.26. The number of aromatic nitrogens is 1. The molecule has 0 radical (unpaired) electrons. The fourth-order valence-electron chi connectivity index (χ4n) is 1.26. The Hall–Kier alpha value is -1.62. The van der Waals surface area contributed by atoms with E-state index in [1.54, 1.807) is 12.3 Å². The second-order valence-corrected chi connectivity index (χ2v) is 4.65. The topological polar surface area (TPSA) is 38.9 Å². The molecule has 17 heavy (non-hydrogen) atoms. The van der Waals surface area contributed by atoms with Gasteiger partial charge in [-0.05, 0) is 36.8 Å². The number of aryl methyl sites for hydroxylation is 1. The van der Waals surface area contributed by atoms with Crippen LogP contribution < -0.4 is 5.73 Å². The summed E-state index contributed by atoms with van der Waals surface area (Å²) in [7, 11) is 0. The summed E-state index contributed by atoms with van der Waals surface area (Å²) in [5, 5.41) is 0.697. The van der Waals surface area contributed by atoms with Gasteiger partial charge in [0.2, 0.25) is 0 Å². The minimum atomic E-state index is -0.859. The highest BCUT2D eigenvalue weighted by Gasteiger charge is 2.05. The zero-order chi connectivity index (χ0) is 12.4. The fourth-order valence-corrected chi connectivity index (χ4v) is 2.14. The fraction of sp³-hybridized carbons (Fsp3) is 0.0833. The van der Waals surface area contributed by atoms with Crippen LogP contribution >= 0.6 is 11.8 Å². The summed E-state index contributed by atoms with van der Waals surface area (Å²) in [6, 6.07) is 5.56. The van der Waals surface area contributed by atoms with Crippen LogP contribution in [0.15, 0.2) is 40.4 Å². The average Bonchev–Trinajstić information content (AvgIpc) is 2.29. The molecule has 1 aromatic heterocycles. The van der Waals surface area contributed by atoms with Gasteiger partial charge in [0.15, 0.2) is 11.6 Å². The molecule has 0 amide bonds. The monoisotopic (exact) mass is 252 g/mol. The highest BCUT2D eigenvalue weighted by Crippen LogP contribution is 2.28. The molecule has 88 valence electrons. The number of anilines is 1. The standard InChI is InChI=1S/C12H10F2N2S/c1-7-4-12(16-6-11(7)15)17-8-2-3-9(13)10(14)5-8/h2-6H,15H2,1H3. The summed E-state index contributed by atoms with van der Waals surface area (Å²) in [5.74, 6) is -1.71. The van der Waals surface area contributed by atoms with Crippen molar-refractivity contribution in [2.45, 2.75) is 16.8 Å². The van der Waals surface area contributed by atoms with Crippen LogP contribution in [-0.2, 0) is 0 Å². The van der Waals surface area contributed by atoms with Crippen molar-refractivity contribution in [1.29, 1.82) is 0 Å². The highest BCUT2D eigenvalue weighted by atomic mass is 32.2. The first-order chi connectivity index (χ1) is 8.06. The molecule has 0 saturated heterocycles. The van der Waals surface area contributed by atoms with Gasteiger partial charge in [-0.25, -0.2) is 13.8 Å². The Balaban J connectivity index is 2.25. The number of pyridine rings is 1. The summed E-state index contributed by atoms with van der Waals surface area (Å²) in [6.07, 6.45) is 1.55. The molecular weight excluding hydrogens is 242 g/mol. The maximum absolute atomic E-state index is 13.0. The molecule has 2 aromatic rings. The second kappa shape index (κ2) is 4.71. The lowest BCUT2D eigenvalue weighted by Crippen LogP contribution is -1.92. The molecule has 0 bridgehead atoms. The van der Waals surface area contributed by atoms with Gasteiger partial charge < -0.3 is 5.73 Å². The lowest BCUT2D eigenvalue weighted by Gasteiger charge is -2.04. The number of hydrogen-bond donors (Lipinski definition) is 1. The van der Waals surface area contributed by atoms with E-state index in [2.05, 4.69) is 4.98 Å². The van der Waals surface area contributed by atoms with Crippen LogP contribution in [0.4, 0.5) is 14.5 Å². The van der Waals surface area contributed by atoms with Gasteiger partial charge >= 0.3 is 0 Å². The van der Waals surface area contributed by atoms with Crippen molar-refractivity contribution in [3.63, 3.8) is 0 Å². The van der Waals surface area contributed by atoms with E-state index in [4.69, 9.17) is 5.73 Å². The summed E-state index contributed by atoms with van der Waals surface area (Å²) in [6.45, 7) is 1.87. The van der Waals surface area contributed by atoms with Gasteiger partial charge in [0.05, 0.1) is 11.9 Å².